The van der Waals surface area contributed by atoms with Crippen molar-refractivity contribution >= 4 is 27.3 Å². The van der Waals surface area contributed by atoms with Crippen LogP contribution >= 0.6 is 0 Å². The van der Waals surface area contributed by atoms with Gasteiger partial charge in [-0.2, -0.15) is 0 Å². The minimum absolute atomic E-state index is 0.195. The third-order valence-corrected chi connectivity index (χ3v) is 6.17. The molecule has 1 heterocycles. The zero-order chi connectivity index (χ0) is 21.6. The highest BCUT2D eigenvalue weighted by atomic mass is 32.2. The van der Waals surface area contributed by atoms with E-state index in [-0.39, 0.29) is 12.5 Å². The first-order valence-corrected chi connectivity index (χ1v) is 12.0. The van der Waals surface area contributed by atoms with Gasteiger partial charge in [-0.25, -0.2) is 8.42 Å². The molecule has 0 aromatic heterocycles. The molecule has 3 rings (SSSR count). The van der Waals surface area contributed by atoms with Gasteiger partial charge >= 0.3 is 0 Å². The summed E-state index contributed by atoms with van der Waals surface area (Å²) in [5.41, 5.74) is 1.59. The van der Waals surface area contributed by atoms with E-state index in [2.05, 4.69) is 17.0 Å². The average Bonchev–Trinajstić information content (AvgIpc) is 2.76. The quantitative estimate of drug-likeness (QED) is 0.643. The highest BCUT2D eigenvalue weighted by Gasteiger charge is 2.26. The summed E-state index contributed by atoms with van der Waals surface area (Å²) in [6, 6.07) is 16.9. The van der Waals surface area contributed by atoms with Gasteiger partial charge in [-0.1, -0.05) is 25.1 Å². The van der Waals surface area contributed by atoms with E-state index in [1.807, 2.05) is 25.1 Å². The minimum atomic E-state index is -3.60. The Bertz CT molecular complexity index is 925. The minimum Gasteiger partial charge on any atom is -0.494 e. The molecule has 0 N–H and O–H groups in total. The molecule has 0 atom stereocenters. The predicted molar refractivity (Wildman–Crippen MR) is 120 cm³/mol. The van der Waals surface area contributed by atoms with Crippen LogP contribution in [0.1, 0.15) is 13.3 Å². The molecule has 0 saturated carbocycles. The van der Waals surface area contributed by atoms with Crippen LogP contribution in [0.5, 0.6) is 5.75 Å². The standard InChI is InChI=1S/C22H29N3O4S/c1-3-17-29-21-11-9-20(10-12-21)25(30(2,27)28)18-22(26)24-15-13-23(14-16-24)19-7-5-4-6-8-19/h4-12H,3,13-18H2,1-2H3. The molecule has 0 spiro atoms. The van der Waals surface area contributed by atoms with Crippen LogP contribution in [0, 0.1) is 0 Å². The number of hydrogen-bond donors (Lipinski definition) is 0. The number of amides is 1. The fourth-order valence-corrected chi connectivity index (χ4v) is 4.25. The van der Waals surface area contributed by atoms with Gasteiger partial charge in [0, 0.05) is 31.9 Å². The first-order chi connectivity index (χ1) is 14.4. The SMILES string of the molecule is CCCOc1ccc(N(CC(=O)N2CCN(c3ccccc3)CC2)S(C)(=O)=O)cc1. The smallest absolute Gasteiger partial charge is 0.243 e. The molecular weight excluding hydrogens is 402 g/mol. The van der Waals surface area contributed by atoms with E-state index in [0.717, 1.165) is 35.8 Å². The Morgan fingerprint density at radius 3 is 2.20 bits per heavy atom. The van der Waals surface area contributed by atoms with Gasteiger partial charge in [-0.05, 0) is 42.8 Å². The number of benzene rings is 2. The lowest BCUT2D eigenvalue weighted by Crippen LogP contribution is -2.51. The van der Waals surface area contributed by atoms with Gasteiger partial charge in [0.2, 0.25) is 15.9 Å². The molecule has 30 heavy (non-hydrogen) atoms. The number of sulfonamides is 1. The molecule has 7 nitrogen and oxygen atoms in total. The maximum Gasteiger partial charge on any atom is 0.243 e. The molecule has 162 valence electrons. The van der Waals surface area contributed by atoms with Crippen molar-refractivity contribution in [2.45, 2.75) is 13.3 Å². The number of para-hydroxylation sites is 1. The van der Waals surface area contributed by atoms with E-state index in [4.69, 9.17) is 4.74 Å². The maximum atomic E-state index is 12.9. The number of carbonyl (C=O) groups excluding carboxylic acids is 1. The van der Waals surface area contributed by atoms with E-state index in [1.54, 1.807) is 29.2 Å². The van der Waals surface area contributed by atoms with Crippen LogP contribution in [-0.4, -0.2) is 64.8 Å². The van der Waals surface area contributed by atoms with Gasteiger partial charge in [0.1, 0.15) is 12.3 Å². The highest BCUT2D eigenvalue weighted by Crippen LogP contribution is 2.22. The molecule has 0 radical (unpaired) electrons. The summed E-state index contributed by atoms with van der Waals surface area (Å²) in [5, 5.41) is 0. The number of hydrogen-bond acceptors (Lipinski definition) is 5. The second-order valence-electron chi connectivity index (χ2n) is 7.32. The zero-order valence-corrected chi connectivity index (χ0v) is 18.3. The molecule has 0 aliphatic carbocycles. The van der Waals surface area contributed by atoms with Crippen LogP contribution in [0.3, 0.4) is 0 Å². The molecule has 1 saturated heterocycles. The molecule has 1 aliphatic rings. The van der Waals surface area contributed by atoms with Gasteiger partial charge in [0.05, 0.1) is 18.6 Å². The summed E-state index contributed by atoms with van der Waals surface area (Å²) in [4.78, 5) is 16.8. The van der Waals surface area contributed by atoms with Gasteiger partial charge in [0.25, 0.3) is 0 Å². The third-order valence-electron chi connectivity index (χ3n) is 5.03. The molecule has 0 bridgehead atoms. The molecule has 2 aromatic rings. The summed E-state index contributed by atoms with van der Waals surface area (Å²) in [5.74, 6) is 0.483. The van der Waals surface area contributed by atoms with Crippen molar-refractivity contribution in [3.63, 3.8) is 0 Å². The van der Waals surface area contributed by atoms with Crippen molar-refractivity contribution in [1.82, 2.24) is 4.90 Å². The number of nitrogens with zero attached hydrogens (tertiary/aromatic N) is 3. The molecule has 2 aromatic carbocycles. The topological polar surface area (TPSA) is 70.2 Å². The molecule has 1 fully saturated rings. The fraction of sp³-hybridized carbons (Fsp3) is 0.409. The van der Waals surface area contributed by atoms with Crippen LogP contribution < -0.4 is 13.9 Å². The first kappa shape index (κ1) is 22.0. The molecule has 1 amide bonds. The monoisotopic (exact) mass is 431 g/mol. The second-order valence-corrected chi connectivity index (χ2v) is 9.22. The van der Waals surface area contributed by atoms with Gasteiger partial charge in [0.15, 0.2) is 0 Å². The van der Waals surface area contributed by atoms with E-state index in [0.29, 0.717) is 31.1 Å². The van der Waals surface area contributed by atoms with Crippen molar-refractivity contribution in [2.24, 2.45) is 0 Å². The molecule has 0 unspecified atom stereocenters. The highest BCUT2D eigenvalue weighted by molar-refractivity contribution is 7.92. The van der Waals surface area contributed by atoms with Crippen LogP contribution in [-0.2, 0) is 14.8 Å². The summed E-state index contributed by atoms with van der Waals surface area (Å²) in [6.07, 6.45) is 2.01. The lowest BCUT2D eigenvalue weighted by atomic mass is 10.2. The fourth-order valence-electron chi connectivity index (χ4n) is 3.40. The number of anilines is 2. The summed E-state index contributed by atoms with van der Waals surface area (Å²) >= 11 is 0. The normalized spacial score (nSPS) is 14.5. The Balaban J connectivity index is 1.63. The Morgan fingerprint density at radius 1 is 1.00 bits per heavy atom. The van der Waals surface area contributed by atoms with Crippen molar-refractivity contribution in [2.75, 3.05) is 54.8 Å². The van der Waals surface area contributed by atoms with E-state index in [9.17, 15) is 13.2 Å². The van der Waals surface area contributed by atoms with E-state index >= 15 is 0 Å². The van der Waals surface area contributed by atoms with Crippen LogP contribution in [0.4, 0.5) is 11.4 Å². The molecule has 8 heteroatoms. The Labute approximate surface area is 178 Å². The molecular formula is C22H29N3O4S. The van der Waals surface area contributed by atoms with Gasteiger partial charge in [-0.3, -0.25) is 9.10 Å². The van der Waals surface area contributed by atoms with Crippen molar-refractivity contribution in [3.8, 4) is 5.75 Å². The Morgan fingerprint density at radius 2 is 1.63 bits per heavy atom. The first-order valence-electron chi connectivity index (χ1n) is 10.2. The zero-order valence-electron chi connectivity index (χ0n) is 17.5. The van der Waals surface area contributed by atoms with E-state index in [1.165, 1.54) is 0 Å². The van der Waals surface area contributed by atoms with Crippen LogP contribution in [0.15, 0.2) is 54.6 Å². The Hall–Kier alpha value is -2.74. The van der Waals surface area contributed by atoms with Crippen LogP contribution in [0.25, 0.3) is 0 Å². The van der Waals surface area contributed by atoms with E-state index < -0.39 is 10.0 Å². The van der Waals surface area contributed by atoms with Crippen molar-refractivity contribution in [1.29, 1.82) is 0 Å². The Kier molecular flexibility index (Phi) is 7.20. The predicted octanol–water partition coefficient (Wildman–Crippen LogP) is 2.59. The lowest BCUT2D eigenvalue weighted by molar-refractivity contribution is -0.129. The maximum absolute atomic E-state index is 12.9. The lowest BCUT2D eigenvalue weighted by Gasteiger charge is -2.37. The number of ether oxygens (including phenoxy) is 1. The van der Waals surface area contributed by atoms with Gasteiger partial charge < -0.3 is 14.5 Å². The van der Waals surface area contributed by atoms with Crippen LogP contribution in [0.2, 0.25) is 0 Å². The number of rotatable bonds is 8. The summed E-state index contributed by atoms with van der Waals surface area (Å²) in [6.45, 7) is 4.98. The molecule has 1 aliphatic heterocycles. The van der Waals surface area contributed by atoms with Gasteiger partial charge in [-0.15, -0.1) is 0 Å². The second kappa shape index (κ2) is 9.84. The number of carbonyl (C=O) groups is 1. The van der Waals surface area contributed by atoms with Crippen molar-refractivity contribution < 1.29 is 17.9 Å². The van der Waals surface area contributed by atoms with Crippen molar-refractivity contribution in [3.05, 3.63) is 54.6 Å². The summed E-state index contributed by atoms with van der Waals surface area (Å²) in [7, 11) is -3.60. The largest absolute Gasteiger partial charge is 0.494 e. The summed E-state index contributed by atoms with van der Waals surface area (Å²) < 4.78 is 31.4. The third kappa shape index (κ3) is 5.66. The number of piperazine rings is 1. The average molecular weight is 432 g/mol.